The van der Waals surface area contributed by atoms with E-state index in [1.54, 1.807) is 7.05 Å². The molecule has 0 fully saturated rings. The standard InChI is InChI=1S/C14H18ClNO2/c1-8-11(16(4)13(17)18)7-10-9(12(8)15)5-6-14(10,2)3/h7H,5-6H2,1-4H3,(H,17,18). The summed E-state index contributed by atoms with van der Waals surface area (Å²) in [6.45, 7) is 6.23. The summed E-state index contributed by atoms with van der Waals surface area (Å²) in [5, 5.41) is 9.84. The summed E-state index contributed by atoms with van der Waals surface area (Å²) in [4.78, 5) is 12.3. The molecule has 0 bridgehead atoms. The van der Waals surface area contributed by atoms with Crippen LogP contribution in [0.5, 0.6) is 0 Å². The van der Waals surface area contributed by atoms with Gasteiger partial charge in [0.05, 0.1) is 5.69 Å². The van der Waals surface area contributed by atoms with E-state index in [-0.39, 0.29) is 5.41 Å². The van der Waals surface area contributed by atoms with Gasteiger partial charge in [-0.25, -0.2) is 4.79 Å². The van der Waals surface area contributed by atoms with Gasteiger partial charge in [-0.05, 0) is 47.9 Å². The van der Waals surface area contributed by atoms with Gasteiger partial charge in [-0.3, -0.25) is 4.90 Å². The largest absolute Gasteiger partial charge is 0.465 e. The normalized spacial score (nSPS) is 16.5. The Kier molecular flexibility index (Phi) is 3.06. The van der Waals surface area contributed by atoms with Crippen molar-refractivity contribution in [1.29, 1.82) is 0 Å². The van der Waals surface area contributed by atoms with Crippen LogP contribution >= 0.6 is 11.6 Å². The van der Waals surface area contributed by atoms with Crippen LogP contribution in [-0.4, -0.2) is 18.2 Å². The van der Waals surface area contributed by atoms with Crippen LogP contribution in [0.4, 0.5) is 10.5 Å². The van der Waals surface area contributed by atoms with Crippen molar-refractivity contribution in [2.24, 2.45) is 0 Å². The molecule has 0 atom stereocenters. The molecular formula is C14H18ClNO2. The van der Waals surface area contributed by atoms with Gasteiger partial charge in [-0.2, -0.15) is 0 Å². The first kappa shape index (κ1) is 13.2. The molecule has 1 aliphatic carbocycles. The third kappa shape index (κ3) is 1.87. The lowest BCUT2D eigenvalue weighted by Crippen LogP contribution is -2.25. The molecule has 1 aromatic carbocycles. The fraction of sp³-hybridized carbons (Fsp3) is 0.500. The molecule has 3 nitrogen and oxygen atoms in total. The summed E-state index contributed by atoms with van der Waals surface area (Å²) >= 11 is 6.40. The molecule has 0 aliphatic heterocycles. The Morgan fingerprint density at radius 1 is 1.50 bits per heavy atom. The molecule has 2 rings (SSSR count). The highest BCUT2D eigenvalue weighted by Gasteiger charge is 2.33. The maximum absolute atomic E-state index is 11.1. The lowest BCUT2D eigenvalue weighted by molar-refractivity contribution is 0.203. The maximum Gasteiger partial charge on any atom is 0.411 e. The lowest BCUT2D eigenvalue weighted by Gasteiger charge is -2.24. The van der Waals surface area contributed by atoms with Gasteiger partial charge in [0.15, 0.2) is 0 Å². The minimum Gasteiger partial charge on any atom is -0.465 e. The Morgan fingerprint density at radius 2 is 2.11 bits per heavy atom. The first-order chi connectivity index (χ1) is 8.25. The van der Waals surface area contributed by atoms with Crippen LogP contribution in [0.1, 0.15) is 37.0 Å². The van der Waals surface area contributed by atoms with Gasteiger partial charge in [0.25, 0.3) is 0 Å². The molecule has 1 N–H and O–H groups in total. The maximum atomic E-state index is 11.1. The lowest BCUT2D eigenvalue weighted by atomic mass is 9.86. The number of fused-ring (bicyclic) bond motifs is 1. The van der Waals surface area contributed by atoms with Crippen molar-refractivity contribution in [1.82, 2.24) is 0 Å². The average Bonchev–Trinajstić information content (AvgIpc) is 2.58. The van der Waals surface area contributed by atoms with Crippen molar-refractivity contribution in [3.8, 4) is 0 Å². The Bertz CT molecular complexity index is 523. The van der Waals surface area contributed by atoms with Gasteiger partial charge < -0.3 is 5.11 Å². The fourth-order valence-corrected chi connectivity index (χ4v) is 2.95. The summed E-state index contributed by atoms with van der Waals surface area (Å²) < 4.78 is 0. The van der Waals surface area contributed by atoms with E-state index in [1.165, 1.54) is 16.0 Å². The molecule has 0 heterocycles. The molecule has 0 saturated heterocycles. The van der Waals surface area contributed by atoms with Crippen molar-refractivity contribution in [2.75, 3.05) is 11.9 Å². The Labute approximate surface area is 112 Å². The number of anilines is 1. The SMILES string of the molecule is Cc1c(N(C)C(=O)O)cc2c(c1Cl)CCC2(C)C. The number of hydrogen-bond donors (Lipinski definition) is 1. The first-order valence-electron chi connectivity index (χ1n) is 6.05. The van der Waals surface area contributed by atoms with Gasteiger partial charge in [-0.15, -0.1) is 0 Å². The molecule has 0 radical (unpaired) electrons. The number of carbonyl (C=O) groups is 1. The minimum atomic E-state index is -0.968. The third-order valence-corrected chi connectivity index (χ3v) is 4.47. The van der Waals surface area contributed by atoms with Crippen LogP contribution in [-0.2, 0) is 11.8 Å². The molecule has 98 valence electrons. The van der Waals surface area contributed by atoms with E-state index in [0.717, 1.165) is 23.4 Å². The molecule has 0 spiro atoms. The van der Waals surface area contributed by atoms with Crippen LogP contribution in [0.3, 0.4) is 0 Å². The molecular weight excluding hydrogens is 250 g/mol. The Balaban J connectivity index is 2.65. The van der Waals surface area contributed by atoms with E-state index in [9.17, 15) is 4.79 Å². The summed E-state index contributed by atoms with van der Waals surface area (Å²) in [5.74, 6) is 0. The Morgan fingerprint density at radius 3 is 2.67 bits per heavy atom. The minimum absolute atomic E-state index is 0.0702. The molecule has 1 aliphatic rings. The number of halogens is 1. The number of rotatable bonds is 1. The fourth-order valence-electron chi connectivity index (χ4n) is 2.66. The summed E-state index contributed by atoms with van der Waals surface area (Å²) in [6, 6.07) is 1.98. The molecule has 0 saturated carbocycles. The van der Waals surface area contributed by atoms with Crippen molar-refractivity contribution in [3.63, 3.8) is 0 Å². The number of carboxylic acid groups (broad SMARTS) is 1. The van der Waals surface area contributed by atoms with E-state index in [1.807, 2.05) is 13.0 Å². The predicted molar refractivity (Wildman–Crippen MR) is 74.0 cm³/mol. The highest BCUT2D eigenvalue weighted by Crippen LogP contribution is 2.45. The zero-order chi connectivity index (χ0) is 13.7. The van der Waals surface area contributed by atoms with Crippen molar-refractivity contribution >= 4 is 23.4 Å². The number of nitrogens with zero attached hydrogens (tertiary/aromatic N) is 1. The second-order valence-corrected chi connectivity index (χ2v) is 5.96. The van der Waals surface area contributed by atoms with Crippen LogP contribution < -0.4 is 4.90 Å². The smallest absolute Gasteiger partial charge is 0.411 e. The van der Waals surface area contributed by atoms with Crippen molar-refractivity contribution in [2.45, 2.75) is 39.0 Å². The molecule has 0 unspecified atom stereocenters. The quantitative estimate of drug-likeness (QED) is 0.836. The first-order valence-corrected chi connectivity index (χ1v) is 6.42. The summed E-state index contributed by atoms with van der Waals surface area (Å²) in [6.07, 6.45) is 1.06. The zero-order valence-corrected chi connectivity index (χ0v) is 11.9. The third-order valence-electron chi connectivity index (χ3n) is 3.96. The summed E-state index contributed by atoms with van der Waals surface area (Å²) in [5.41, 5.74) is 3.96. The molecule has 1 amide bonds. The van der Waals surface area contributed by atoms with Gasteiger partial charge in [0.1, 0.15) is 0 Å². The predicted octanol–water partition coefficient (Wildman–Crippen LogP) is 3.99. The van der Waals surface area contributed by atoms with Gasteiger partial charge in [0, 0.05) is 12.1 Å². The van der Waals surface area contributed by atoms with Crippen LogP contribution in [0.25, 0.3) is 0 Å². The highest BCUT2D eigenvalue weighted by atomic mass is 35.5. The van der Waals surface area contributed by atoms with E-state index in [0.29, 0.717) is 5.69 Å². The van der Waals surface area contributed by atoms with Gasteiger partial charge in [0.2, 0.25) is 0 Å². The van der Waals surface area contributed by atoms with E-state index < -0.39 is 6.09 Å². The highest BCUT2D eigenvalue weighted by molar-refractivity contribution is 6.32. The van der Waals surface area contributed by atoms with Crippen LogP contribution in [0.15, 0.2) is 6.07 Å². The van der Waals surface area contributed by atoms with Crippen LogP contribution in [0.2, 0.25) is 5.02 Å². The monoisotopic (exact) mass is 267 g/mol. The topological polar surface area (TPSA) is 40.5 Å². The average molecular weight is 268 g/mol. The molecule has 1 aromatic rings. The number of benzene rings is 1. The zero-order valence-electron chi connectivity index (χ0n) is 11.2. The van der Waals surface area contributed by atoms with E-state index >= 15 is 0 Å². The second kappa shape index (κ2) is 4.16. The number of hydrogen-bond acceptors (Lipinski definition) is 1. The molecule has 18 heavy (non-hydrogen) atoms. The van der Waals surface area contributed by atoms with E-state index in [4.69, 9.17) is 16.7 Å². The van der Waals surface area contributed by atoms with Gasteiger partial charge in [-0.1, -0.05) is 25.4 Å². The van der Waals surface area contributed by atoms with Crippen LogP contribution in [0, 0.1) is 6.92 Å². The second-order valence-electron chi connectivity index (χ2n) is 5.59. The molecule has 4 heteroatoms. The van der Waals surface area contributed by atoms with Gasteiger partial charge >= 0.3 is 6.09 Å². The van der Waals surface area contributed by atoms with E-state index in [2.05, 4.69) is 13.8 Å². The number of amides is 1. The molecule has 0 aromatic heterocycles. The Hall–Kier alpha value is -1.22. The van der Waals surface area contributed by atoms with Crippen molar-refractivity contribution in [3.05, 3.63) is 27.8 Å². The summed E-state index contributed by atoms with van der Waals surface area (Å²) in [7, 11) is 1.55. The van der Waals surface area contributed by atoms with Crippen molar-refractivity contribution < 1.29 is 9.90 Å².